The molecule has 40 heavy (non-hydrogen) atoms. The quantitative estimate of drug-likeness (QED) is 0.283. The van der Waals surface area contributed by atoms with Crippen molar-refractivity contribution in [1.29, 1.82) is 0 Å². The fourth-order valence-electron chi connectivity index (χ4n) is 9.35. The van der Waals surface area contributed by atoms with E-state index in [4.69, 9.17) is 9.47 Å². The van der Waals surface area contributed by atoms with Crippen molar-refractivity contribution in [2.75, 3.05) is 5.09 Å². The fraction of sp³-hybridized carbons (Fsp3) is 0. The predicted octanol–water partition coefficient (Wildman–Crippen LogP) is 3.90. The Morgan fingerprint density at radius 3 is 2.30 bits per heavy atom. The fourth-order valence-corrected chi connectivity index (χ4v) is 17.5. The Kier molecular flexibility index (Phi) is 2.95. The van der Waals surface area contributed by atoms with Gasteiger partial charge in [-0.15, -0.1) is 0 Å². The Balaban J connectivity index is 1.19. The average molecular weight is 523 g/mol. The normalized spacial score (nSPS) is 20.1. The van der Waals surface area contributed by atoms with Crippen LogP contribution in [0, 0.1) is 0 Å². The molecule has 4 saturated heterocycles. The third-order valence-corrected chi connectivity index (χ3v) is 18.1. The summed E-state index contributed by atoms with van der Waals surface area (Å²) in [7, 11) is 2.58. The molecule has 2 bridgehead atoms. The molecule has 0 atom stereocenters. The number of anilines is 1. The van der Waals surface area contributed by atoms with Crippen LogP contribution in [0.3, 0.4) is 0 Å². The van der Waals surface area contributed by atoms with Crippen LogP contribution in [-0.2, 0) is 0 Å². The number of nitrogens with zero attached hydrogens (tertiary/aromatic N) is 1. The molecule has 4 nitrogen and oxygen atoms in total. The first-order valence-electron chi connectivity index (χ1n) is 14.2. The van der Waals surface area contributed by atoms with Gasteiger partial charge in [-0.05, 0) is 0 Å². The molecule has 10 heteroatoms. The van der Waals surface area contributed by atoms with Crippen LogP contribution >= 0.6 is 6.39 Å². The number of aromatic nitrogens is 1. The molecule has 0 spiro atoms. The number of fused-ring (bicyclic) bond motifs is 4. The number of benzene rings is 5. The molecule has 7 aliphatic rings. The summed E-state index contributed by atoms with van der Waals surface area (Å²) >= 11 is 0. The average Bonchev–Trinajstić information content (AvgIpc) is 3.55. The number of para-hydroxylation sites is 2. The maximum atomic E-state index is 7.11. The van der Waals surface area contributed by atoms with E-state index in [0.717, 1.165) is 29.2 Å². The molecule has 1 N–H and O–H groups in total. The van der Waals surface area contributed by atoms with Crippen molar-refractivity contribution < 1.29 is 9.47 Å². The minimum absolute atomic E-state index is 0.100. The second-order valence-corrected chi connectivity index (χ2v) is 17.5. The Morgan fingerprint density at radius 1 is 0.675 bits per heavy atom. The van der Waals surface area contributed by atoms with Crippen LogP contribution in [0.1, 0.15) is 0 Å². The molecule has 8 heterocycles. The van der Waals surface area contributed by atoms with Crippen LogP contribution in [-0.4, -0.2) is 37.0 Å². The molecule has 13 rings (SSSR count). The molecular weight excluding hydrogens is 505 g/mol. The molecular formula is C30H17B5N2O2P-. The van der Waals surface area contributed by atoms with Crippen LogP contribution < -0.4 is 36.3 Å². The van der Waals surface area contributed by atoms with Gasteiger partial charge in [-0.25, -0.2) is 0 Å². The van der Waals surface area contributed by atoms with E-state index in [9.17, 15) is 0 Å². The molecule has 0 amide bonds. The third kappa shape index (κ3) is 1.77. The van der Waals surface area contributed by atoms with Gasteiger partial charge in [0.2, 0.25) is 0 Å². The molecule has 0 aliphatic carbocycles. The van der Waals surface area contributed by atoms with Crippen molar-refractivity contribution in [3.63, 3.8) is 0 Å². The van der Waals surface area contributed by atoms with Crippen molar-refractivity contribution in [3.05, 3.63) is 97.1 Å². The van der Waals surface area contributed by atoms with E-state index < -0.39 is 6.39 Å². The summed E-state index contributed by atoms with van der Waals surface area (Å²) in [6.07, 6.45) is -0.175. The van der Waals surface area contributed by atoms with Crippen molar-refractivity contribution in [1.82, 2.24) is 4.57 Å². The van der Waals surface area contributed by atoms with Gasteiger partial charge in [0.1, 0.15) is 0 Å². The van der Waals surface area contributed by atoms with Gasteiger partial charge < -0.3 is 0 Å². The van der Waals surface area contributed by atoms with Crippen molar-refractivity contribution in [2.45, 2.75) is 0 Å². The first-order valence-corrected chi connectivity index (χ1v) is 16.7. The first-order chi connectivity index (χ1) is 19.8. The van der Waals surface area contributed by atoms with Gasteiger partial charge in [0.25, 0.3) is 0 Å². The van der Waals surface area contributed by atoms with Crippen LogP contribution in [0.15, 0.2) is 97.1 Å². The topological polar surface area (TPSA) is 35.4 Å². The zero-order valence-electron chi connectivity index (χ0n) is 21.3. The van der Waals surface area contributed by atoms with E-state index in [1.54, 1.807) is 0 Å². The predicted molar refractivity (Wildman–Crippen MR) is 172 cm³/mol. The molecule has 0 unspecified atom stereocenters. The molecule has 5 aromatic carbocycles. The SMILES string of the molecule is [B-]1B2B3B1P23(Nc1ccccc1)c1ccc2c3c1Oc1ccc4c5ccccc5n5c4c1B3c1c(cccc1-5)O2. The number of rotatable bonds is 3. The van der Waals surface area contributed by atoms with Gasteiger partial charge in [-0.3, -0.25) is 0 Å². The van der Waals surface area contributed by atoms with Crippen molar-refractivity contribution >= 4 is 88.0 Å². The summed E-state index contributed by atoms with van der Waals surface area (Å²) in [5.41, 5.74) is 8.73. The summed E-state index contributed by atoms with van der Waals surface area (Å²) in [5, 5.41) is 8.19. The van der Waals surface area contributed by atoms with Crippen LogP contribution in [0.25, 0.3) is 27.5 Å². The molecule has 7 aliphatic heterocycles. The molecule has 1 aromatic heterocycles. The Morgan fingerprint density at radius 2 is 1.45 bits per heavy atom. The Hall–Kier alpha value is -3.95. The van der Waals surface area contributed by atoms with E-state index in [2.05, 4.69) is 114 Å². The number of ether oxygens (including phenoxy) is 2. The van der Waals surface area contributed by atoms with Gasteiger partial charge >= 0.3 is 233 Å². The minimum atomic E-state index is -2.31. The second-order valence-electron chi connectivity index (χ2n) is 12.4. The van der Waals surface area contributed by atoms with Gasteiger partial charge in [0.05, 0.1) is 0 Å². The molecule has 6 aromatic rings. The first kappa shape index (κ1) is 20.0. The zero-order chi connectivity index (χ0) is 25.6. The van der Waals surface area contributed by atoms with Gasteiger partial charge in [-0.2, -0.15) is 0 Å². The summed E-state index contributed by atoms with van der Waals surface area (Å²) in [6, 6.07) is 35.2. The van der Waals surface area contributed by atoms with E-state index in [-0.39, 0.29) is 6.71 Å². The van der Waals surface area contributed by atoms with Gasteiger partial charge in [0.15, 0.2) is 0 Å². The summed E-state index contributed by atoms with van der Waals surface area (Å²) in [4.78, 5) is 0. The Bertz CT molecular complexity index is 2230. The van der Waals surface area contributed by atoms with Gasteiger partial charge in [-0.1, -0.05) is 0 Å². The van der Waals surface area contributed by atoms with E-state index in [1.165, 1.54) is 54.9 Å². The van der Waals surface area contributed by atoms with Crippen LogP contribution in [0.4, 0.5) is 5.69 Å². The van der Waals surface area contributed by atoms with Crippen molar-refractivity contribution in [2.24, 2.45) is 0 Å². The third-order valence-electron chi connectivity index (χ3n) is 11.1. The van der Waals surface area contributed by atoms with Crippen LogP contribution in [0.2, 0.25) is 0 Å². The summed E-state index contributed by atoms with van der Waals surface area (Å²) < 4.78 is 16.3. The van der Waals surface area contributed by atoms with Crippen LogP contribution in [0.5, 0.6) is 23.0 Å². The molecule has 180 valence electrons. The second kappa shape index (κ2) is 5.89. The van der Waals surface area contributed by atoms with E-state index >= 15 is 0 Å². The zero-order valence-corrected chi connectivity index (χ0v) is 22.2. The van der Waals surface area contributed by atoms with E-state index in [1.807, 2.05) is 0 Å². The number of hydrogen-bond acceptors (Lipinski definition) is 3. The number of hydrogen-bond donors (Lipinski definition) is 1. The summed E-state index contributed by atoms with van der Waals surface area (Å²) in [6.45, 7) is 0.100. The molecule has 4 fully saturated rings. The van der Waals surface area contributed by atoms with Crippen molar-refractivity contribution in [3.8, 4) is 28.7 Å². The summed E-state index contributed by atoms with van der Waals surface area (Å²) in [5.74, 6) is 3.95. The molecule has 2 radical (unpaired) electrons. The Labute approximate surface area is 232 Å². The maximum absolute atomic E-state index is 7.11. The standard InChI is InChI=1S/C30H17B5N2O2P/c1-2-7-17(8-3-1)36-40(33-31-34(40)35(33)40)25-16-15-24-28-30(25)39-23-14-13-19-18-9-4-5-10-20(18)37-21-11-6-12-22(38-24)26(21)32(28)27(23)29(19)37/h1-16,36H/q-1. The number of nitrogens with one attached hydrogen (secondary N) is 1. The van der Waals surface area contributed by atoms with E-state index in [0.29, 0.717) is 12.4 Å². The monoisotopic (exact) mass is 523 g/mol. The van der Waals surface area contributed by atoms with Gasteiger partial charge in [0, 0.05) is 0 Å². The molecule has 0 saturated carbocycles.